The molecule has 0 fully saturated rings. The summed E-state index contributed by atoms with van der Waals surface area (Å²) in [5, 5.41) is 5.89. The third-order valence-corrected chi connectivity index (χ3v) is 3.83. The third kappa shape index (κ3) is 2.79. The van der Waals surface area contributed by atoms with Crippen LogP contribution in [0.3, 0.4) is 0 Å². The molecule has 1 heterocycles. The Balaban J connectivity index is 2.19. The van der Waals surface area contributed by atoms with Gasteiger partial charge in [0.05, 0.1) is 5.56 Å². The van der Waals surface area contributed by atoms with Crippen molar-refractivity contribution in [2.45, 2.75) is 19.4 Å². The average molecular weight is 268 g/mol. The number of nitrogens with one attached hydrogen (secondary N) is 1. The molecule has 1 atom stereocenters. The van der Waals surface area contributed by atoms with E-state index in [0.29, 0.717) is 5.88 Å². The van der Waals surface area contributed by atoms with Crippen LogP contribution in [0.5, 0.6) is 0 Å². The van der Waals surface area contributed by atoms with Crippen LogP contribution in [-0.4, -0.2) is 17.8 Å². The second-order valence-electron chi connectivity index (χ2n) is 4.00. The number of rotatable bonds is 4. The molecule has 0 aliphatic carbocycles. The van der Waals surface area contributed by atoms with Crippen LogP contribution in [0, 0.1) is 0 Å². The van der Waals surface area contributed by atoms with Crippen molar-refractivity contribution in [2.24, 2.45) is 0 Å². The van der Waals surface area contributed by atoms with E-state index >= 15 is 0 Å². The maximum atomic E-state index is 12.1. The van der Waals surface area contributed by atoms with E-state index in [4.69, 9.17) is 11.6 Å². The summed E-state index contributed by atoms with van der Waals surface area (Å²) in [6.07, 6.45) is 0.787. The molecule has 0 aliphatic rings. The molecular formula is C13H14ClNOS. The van der Waals surface area contributed by atoms with Crippen molar-refractivity contribution in [3.05, 3.63) is 35.2 Å². The molecule has 1 amide bonds. The molecule has 90 valence electrons. The van der Waals surface area contributed by atoms with Crippen molar-refractivity contribution in [3.8, 4) is 0 Å². The molecule has 2 nitrogen and oxygen atoms in total. The number of fused-ring (bicyclic) bond motifs is 1. The zero-order valence-electron chi connectivity index (χ0n) is 9.57. The molecule has 2 aromatic rings. The van der Waals surface area contributed by atoms with Gasteiger partial charge in [-0.3, -0.25) is 4.79 Å². The lowest BCUT2D eigenvalue weighted by molar-refractivity contribution is 0.0941. The maximum Gasteiger partial charge on any atom is 0.252 e. The number of alkyl halides is 1. The second kappa shape index (κ2) is 5.52. The lowest BCUT2D eigenvalue weighted by Gasteiger charge is -2.11. The van der Waals surface area contributed by atoms with Crippen molar-refractivity contribution in [2.75, 3.05) is 5.88 Å². The highest BCUT2D eigenvalue weighted by atomic mass is 35.5. The van der Waals surface area contributed by atoms with Gasteiger partial charge in [-0.05, 0) is 19.4 Å². The van der Waals surface area contributed by atoms with Gasteiger partial charge in [0.1, 0.15) is 0 Å². The van der Waals surface area contributed by atoms with Gasteiger partial charge < -0.3 is 5.32 Å². The van der Waals surface area contributed by atoms with E-state index in [2.05, 4.69) is 5.32 Å². The maximum absolute atomic E-state index is 12.1. The zero-order valence-corrected chi connectivity index (χ0v) is 11.1. The van der Waals surface area contributed by atoms with Crippen LogP contribution in [0.2, 0.25) is 0 Å². The second-order valence-corrected chi connectivity index (χ2v) is 5.29. The Bertz CT molecular complexity index is 523. The number of halogens is 1. The standard InChI is InChI=1S/C13H14ClNOS/c1-9(6-7-14)15-13(16)11-8-17-12-5-3-2-4-10(11)12/h2-5,8-9H,6-7H2,1H3,(H,15,16). The van der Waals surface area contributed by atoms with Gasteiger partial charge in [0.25, 0.3) is 5.91 Å². The van der Waals surface area contributed by atoms with Gasteiger partial charge in [-0.2, -0.15) is 0 Å². The van der Waals surface area contributed by atoms with E-state index in [1.807, 2.05) is 36.6 Å². The number of benzene rings is 1. The summed E-state index contributed by atoms with van der Waals surface area (Å²) < 4.78 is 1.14. The highest BCUT2D eigenvalue weighted by Crippen LogP contribution is 2.25. The first kappa shape index (κ1) is 12.4. The molecule has 0 saturated carbocycles. The van der Waals surface area contributed by atoms with Crippen LogP contribution in [0.15, 0.2) is 29.6 Å². The topological polar surface area (TPSA) is 29.1 Å². The average Bonchev–Trinajstić information content (AvgIpc) is 2.72. The van der Waals surface area contributed by atoms with Crippen LogP contribution < -0.4 is 5.32 Å². The molecule has 1 aromatic heterocycles. The van der Waals surface area contributed by atoms with E-state index < -0.39 is 0 Å². The third-order valence-electron chi connectivity index (χ3n) is 2.65. The minimum absolute atomic E-state index is 0.0138. The highest BCUT2D eigenvalue weighted by Gasteiger charge is 2.13. The Labute approximate surface area is 110 Å². The summed E-state index contributed by atoms with van der Waals surface area (Å²) in [5.74, 6) is 0.548. The number of thiophene rings is 1. The van der Waals surface area contributed by atoms with Crippen molar-refractivity contribution in [1.29, 1.82) is 0 Å². The Kier molecular flexibility index (Phi) is 4.02. The van der Waals surface area contributed by atoms with Crippen LogP contribution in [0.4, 0.5) is 0 Å². The highest BCUT2D eigenvalue weighted by molar-refractivity contribution is 7.17. The first-order chi connectivity index (χ1) is 8.22. The fraction of sp³-hybridized carbons (Fsp3) is 0.308. The summed E-state index contributed by atoms with van der Waals surface area (Å²) in [4.78, 5) is 12.1. The summed E-state index contributed by atoms with van der Waals surface area (Å²) in [5.41, 5.74) is 0.757. The minimum atomic E-state index is -0.0138. The quantitative estimate of drug-likeness (QED) is 0.842. The molecule has 1 aromatic carbocycles. The number of hydrogen-bond acceptors (Lipinski definition) is 2. The van der Waals surface area contributed by atoms with E-state index in [9.17, 15) is 4.79 Å². The molecule has 17 heavy (non-hydrogen) atoms. The van der Waals surface area contributed by atoms with Gasteiger partial charge >= 0.3 is 0 Å². The predicted molar refractivity (Wildman–Crippen MR) is 74.1 cm³/mol. The molecule has 0 saturated heterocycles. The summed E-state index contributed by atoms with van der Waals surface area (Å²) in [7, 11) is 0. The molecular weight excluding hydrogens is 254 g/mol. The van der Waals surface area contributed by atoms with E-state index in [1.54, 1.807) is 11.3 Å². The van der Waals surface area contributed by atoms with Crippen LogP contribution in [-0.2, 0) is 0 Å². The first-order valence-electron chi connectivity index (χ1n) is 5.55. The predicted octanol–water partition coefficient (Wildman–Crippen LogP) is 3.65. The number of carbonyl (C=O) groups is 1. The molecule has 0 bridgehead atoms. The van der Waals surface area contributed by atoms with Crippen LogP contribution >= 0.6 is 22.9 Å². The Morgan fingerprint density at radius 1 is 1.47 bits per heavy atom. The Morgan fingerprint density at radius 2 is 2.24 bits per heavy atom. The summed E-state index contributed by atoms with van der Waals surface area (Å²) >= 11 is 7.25. The zero-order chi connectivity index (χ0) is 12.3. The monoisotopic (exact) mass is 267 g/mol. The molecule has 4 heteroatoms. The first-order valence-corrected chi connectivity index (χ1v) is 6.97. The number of carbonyl (C=O) groups excluding carboxylic acids is 1. The molecule has 1 N–H and O–H groups in total. The van der Waals surface area contributed by atoms with E-state index in [0.717, 1.165) is 22.1 Å². The van der Waals surface area contributed by atoms with E-state index in [-0.39, 0.29) is 11.9 Å². The van der Waals surface area contributed by atoms with Crippen molar-refractivity contribution < 1.29 is 4.79 Å². The fourth-order valence-electron chi connectivity index (χ4n) is 1.69. The summed E-state index contributed by atoms with van der Waals surface area (Å²) in [6, 6.07) is 8.05. The number of amides is 1. The lowest BCUT2D eigenvalue weighted by atomic mass is 10.1. The van der Waals surface area contributed by atoms with Crippen molar-refractivity contribution in [3.63, 3.8) is 0 Å². The van der Waals surface area contributed by atoms with Gasteiger partial charge in [0.15, 0.2) is 0 Å². The smallest absolute Gasteiger partial charge is 0.252 e. The molecule has 0 radical (unpaired) electrons. The normalized spacial score (nSPS) is 12.6. The minimum Gasteiger partial charge on any atom is -0.349 e. The van der Waals surface area contributed by atoms with Crippen LogP contribution in [0.25, 0.3) is 10.1 Å². The molecule has 2 rings (SSSR count). The van der Waals surface area contributed by atoms with Gasteiger partial charge in [-0.15, -0.1) is 22.9 Å². The SMILES string of the molecule is CC(CCCl)NC(=O)c1csc2ccccc12. The van der Waals surface area contributed by atoms with E-state index in [1.165, 1.54) is 0 Å². The van der Waals surface area contributed by atoms with Gasteiger partial charge in [0.2, 0.25) is 0 Å². The van der Waals surface area contributed by atoms with Gasteiger partial charge in [-0.1, -0.05) is 18.2 Å². The Morgan fingerprint density at radius 3 is 3.00 bits per heavy atom. The van der Waals surface area contributed by atoms with Gasteiger partial charge in [-0.25, -0.2) is 0 Å². The lowest BCUT2D eigenvalue weighted by Crippen LogP contribution is -2.32. The number of hydrogen-bond donors (Lipinski definition) is 1. The van der Waals surface area contributed by atoms with Crippen molar-refractivity contribution >= 4 is 38.9 Å². The van der Waals surface area contributed by atoms with Crippen molar-refractivity contribution in [1.82, 2.24) is 5.32 Å². The Hall–Kier alpha value is -1.06. The van der Waals surface area contributed by atoms with Gasteiger partial charge in [0, 0.05) is 27.4 Å². The largest absolute Gasteiger partial charge is 0.349 e. The molecule has 0 aliphatic heterocycles. The van der Waals surface area contributed by atoms with Crippen LogP contribution in [0.1, 0.15) is 23.7 Å². The molecule has 0 spiro atoms. The summed E-state index contributed by atoms with van der Waals surface area (Å²) in [6.45, 7) is 1.97. The fourth-order valence-corrected chi connectivity index (χ4v) is 2.96. The molecule has 1 unspecified atom stereocenters.